The molecule has 27 heavy (non-hydrogen) atoms. The average molecular weight is 420 g/mol. The predicted molar refractivity (Wildman–Crippen MR) is 99.1 cm³/mol. The van der Waals surface area contributed by atoms with Gasteiger partial charge in [0.15, 0.2) is 0 Å². The van der Waals surface area contributed by atoms with Crippen LogP contribution >= 0.6 is 11.3 Å². The number of thiophene rings is 1. The van der Waals surface area contributed by atoms with Gasteiger partial charge in [0.25, 0.3) is 10.0 Å². The Morgan fingerprint density at radius 1 is 1.15 bits per heavy atom. The van der Waals surface area contributed by atoms with Gasteiger partial charge < -0.3 is 9.64 Å². The molecule has 148 valence electrons. The first-order valence-electron chi connectivity index (χ1n) is 8.22. The van der Waals surface area contributed by atoms with Crippen LogP contribution in [0.25, 0.3) is 0 Å². The van der Waals surface area contributed by atoms with E-state index in [2.05, 4.69) is 4.72 Å². The van der Waals surface area contributed by atoms with Crippen molar-refractivity contribution in [1.29, 1.82) is 0 Å². The number of anilines is 2. The molecule has 1 saturated heterocycles. The predicted octanol–water partition coefficient (Wildman–Crippen LogP) is 4.02. The van der Waals surface area contributed by atoms with E-state index in [1.807, 2.05) is 4.90 Å². The Morgan fingerprint density at radius 2 is 1.81 bits per heavy atom. The highest BCUT2D eigenvalue weighted by Crippen LogP contribution is 2.37. The first-order valence-corrected chi connectivity index (χ1v) is 10.5. The van der Waals surface area contributed by atoms with Crippen LogP contribution < -0.4 is 9.62 Å². The highest BCUT2D eigenvalue weighted by molar-refractivity contribution is 7.93. The van der Waals surface area contributed by atoms with E-state index in [4.69, 9.17) is 4.74 Å². The minimum absolute atomic E-state index is 0.0790. The molecular weight excluding hydrogens is 401 g/mol. The van der Waals surface area contributed by atoms with Crippen molar-refractivity contribution < 1.29 is 26.3 Å². The SMILES string of the molecule is Cc1cc(S(=O)(=O)Nc2cc(C(F)(F)F)ccc2N2CCOCC2)c(C)s1. The van der Waals surface area contributed by atoms with E-state index in [0.717, 1.165) is 17.0 Å². The van der Waals surface area contributed by atoms with E-state index in [9.17, 15) is 21.6 Å². The number of alkyl halides is 3. The first kappa shape index (κ1) is 20.0. The van der Waals surface area contributed by atoms with Crippen molar-refractivity contribution >= 4 is 32.7 Å². The topological polar surface area (TPSA) is 58.6 Å². The van der Waals surface area contributed by atoms with E-state index >= 15 is 0 Å². The third kappa shape index (κ3) is 4.39. The molecule has 1 aromatic carbocycles. The summed E-state index contributed by atoms with van der Waals surface area (Å²) in [7, 11) is -4.01. The number of hydrogen-bond donors (Lipinski definition) is 1. The van der Waals surface area contributed by atoms with Crippen LogP contribution in [0.1, 0.15) is 15.3 Å². The number of hydrogen-bond acceptors (Lipinski definition) is 5. The summed E-state index contributed by atoms with van der Waals surface area (Å²) in [5.41, 5.74) is -0.593. The zero-order chi connectivity index (χ0) is 19.8. The normalized spacial score (nSPS) is 15.8. The van der Waals surface area contributed by atoms with Crippen molar-refractivity contribution in [3.05, 3.63) is 39.6 Å². The lowest BCUT2D eigenvalue weighted by molar-refractivity contribution is -0.137. The zero-order valence-corrected chi connectivity index (χ0v) is 16.4. The standard InChI is InChI=1S/C17H19F3N2O3S2/c1-11-9-16(12(2)26-11)27(23,24)21-14-10-13(17(18,19)20)3-4-15(14)22-5-7-25-8-6-22/h3-4,9-10,21H,5-8H2,1-2H3. The van der Waals surface area contributed by atoms with Gasteiger partial charge in [-0.2, -0.15) is 13.2 Å². The van der Waals surface area contributed by atoms with E-state index in [0.29, 0.717) is 36.9 Å². The van der Waals surface area contributed by atoms with Gasteiger partial charge in [-0.05, 0) is 38.1 Å². The molecule has 1 aliphatic rings. The summed E-state index contributed by atoms with van der Waals surface area (Å²) in [6, 6.07) is 4.63. The molecule has 0 bridgehead atoms. The molecule has 2 aromatic rings. The van der Waals surface area contributed by atoms with Gasteiger partial charge in [-0.1, -0.05) is 0 Å². The summed E-state index contributed by atoms with van der Waals surface area (Å²) in [6.07, 6.45) is -4.57. The largest absolute Gasteiger partial charge is 0.416 e. The van der Waals surface area contributed by atoms with Crippen molar-refractivity contribution in [3.63, 3.8) is 0 Å². The molecule has 1 aromatic heterocycles. The van der Waals surface area contributed by atoms with Crippen molar-refractivity contribution in [3.8, 4) is 0 Å². The first-order chi connectivity index (χ1) is 12.6. The maximum absolute atomic E-state index is 13.2. The zero-order valence-electron chi connectivity index (χ0n) is 14.8. The highest BCUT2D eigenvalue weighted by atomic mass is 32.2. The van der Waals surface area contributed by atoms with Gasteiger partial charge in [-0.15, -0.1) is 11.3 Å². The maximum atomic E-state index is 13.2. The van der Waals surface area contributed by atoms with E-state index in [1.54, 1.807) is 13.8 Å². The smallest absolute Gasteiger partial charge is 0.378 e. The minimum Gasteiger partial charge on any atom is -0.378 e. The highest BCUT2D eigenvalue weighted by Gasteiger charge is 2.32. The minimum atomic E-state index is -4.57. The summed E-state index contributed by atoms with van der Waals surface area (Å²) in [6.45, 7) is 5.24. The number of sulfonamides is 1. The molecule has 0 amide bonds. The molecular formula is C17H19F3N2O3S2. The molecule has 0 radical (unpaired) electrons. The van der Waals surface area contributed by atoms with Crippen LogP contribution in [0.2, 0.25) is 0 Å². The Balaban J connectivity index is 2.04. The Bertz CT molecular complexity index is 933. The number of nitrogens with one attached hydrogen (secondary N) is 1. The Kier molecular flexibility index (Phi) is 5.42. The van der Waals surface area contributed by atoms with Crippen LogP contribution in [0.3, 0.4) is 0 Å². The molecule has 0 atom stereocenters. The van der Waals surface area contributed by atoms with Crippen molar-refractivity contribution in [2.75, 3.05) is 35.9 Å². The number of morpholine rings is 1. The van der Waals surface area contributed by atoms with Gasteiger partial charge in [-0.3, -0.25) is 4.72 Å². The van der Waals surface area contributed by atoms with Crippen molar-refractivity contribution in [2.24, 2.45) is 0 Å². The molecule has 0 saturated carbocycles. The molecule has 1 aliphatic heterocycles. The average Bonchev–Trinajstić information content (AvgIpc) is 2.94. The lowest BCUT2D eigenvalue weighted by Gasteiger charge is -2.31. The molecule has 1 N–H and O–H groups in total. The Labute approximate surface area is 159 Å². The van der Waals surface area contributed by atoms with Crippen molar-refractivity contribution in [1.82, 2.24) is 0 Å². The number of rotatable bonds is 4. The van der Waals surface area contributed by atoms with Crippen LogP contribution in [0, 0.1) is 13.8 Å². The van der Waals surface area contributed by atoms with Crippen molar-refractivity contribution in [2.45, 2.75) is 24.9 Å². The molecule has 10 heteroatoms. The number of halogens is 3. The molecule has 0 aliphatic carbocycles. The Morgan fingerprint density at radius 3 is 2.37 bits per heavy atom. The summed E-state index contributed by atoms with van der Waals surface area (Å²) in [5.74, 6) is 0. The van der Waals surface area contributed by atoms with Gasteiger partial charge in [-0.25, -0.2) is 8.42 Å². The molecule has 0 spiro atoms. The number of nitrogens with zero attached hydrogens (tertiary/aromatic N) is 1. The van der Waals surface area contributed by atoms with Crippen LogP contribution in [-0.4, -0.2) is 34.7 Å². The third-order valence-corrected chi connectivity index (χ3v) is 6.79. The lowest BCUT2D eigenvalue weighted by atomic mass is 10.1. The Hall–Kier alpha value is -1.78. The summed E-state index contributed by atoms with van der Waals surface area (Å²) >= 11 is 1.32. The summed E-state index contributed by atoms with van der Waals surface area (Å²) < 4.78 is 72.7. The van der Waals surface area contributed by atoms with E-state index in [1.165, 1.54) is 23.5 Å². The van der Waals surface area contributed by atoms with Crippen LogP contribution in [0.15, 0.2) is 29.2 Å². The lowest BCUT2D eigenvalue weighted by Crippen LogP contribution is -2.36. The van der Waals surface area contributed by atoms with E-state index < -0.39 is 21.8 Å². The number of benzene rings is 1. The fourth-order valence-corrected chi connectivity index (χ4v) is 5.57. The van der Waals surface area contributed by atoms with E-state index in [-0.39, 0.29) is 10.6 Å². The fraction of sp³-hybridized carbons (Fsp3) is 0.412. The van der Waals surface area contributed by atoms with Crippen LogP contribution in [-0.2, 0) is 20.9 Å². The monoisotopic (exact) mass is 420 g/mol. The van der Waals surface area contributed by atoms with Gasteiger partial charge in [0.05, 0.1) is 30.2 Å². The quantitative estimate of drug-likeness (QED) is 0.812. The maximum Gasteiger partial charge on any atom is 0.416 e. The fourth-order valence-electron chi connectivity index (χ4n) is 2.95. The van der Waals surface area contributed by atoms with Gasteiger partial charge >= 0.3 is 6.18 Å². The van der Waals surface area contributed by atoms with Gasteiger partial charge in [0, 0.05) is 22.8 Å². The second kappa shape index (κ2) is 7.33. The molecule has 1 fully saturated rings. The third-order valence-electron chi connectivity index (χ3n) is 4.20. The molecule has 2 heterocycles. The molecule has 3 rings (SSSR count). The van der Waals surface area contributed by atoms with Crippen LogP contribution in [0.4, 0.5) is 24.5 Å². The summed E-state index contributed by atoms with van der Waals surface area (Å²) in [4.78, 5) is 3.29. The van der Waals surface area contributed by atoms with Gasteiger partial charge in [0.1, 0.15) is 4.90 Å². The second-order valence-electron chi connectivity index (χ2n) is 6.21. The van der Waals surface area contributed by atoms with Crippen LogP contribution in [0.5, 0.6) is 0 Å². The number of ether oxygens (including phenoxy) is 1. The second-order valence-corrected chi connectivity index (χ2v) is 9.32. The molecule has 5 nitrogen and oxygen atoms in total. The van der Waals surface area contributed by atoms with Gasteiger partial charge in [0.2, 0.25) is 0 Å². The summed E-state index contributed by atoms with van der Waals surface area (Å²) in [5, 5.41) is 0. The molecule has 0 unspecified atom stereocenters. The number of aryl methyl sites for hydroxylation is 2.